The zero-order valence-electron chi connectivity index (χ0n) is 13.1. The second-order valence-corrected chi connectivity index (χ2v) is 6.90. The number of thiophene rings is 1. The van der Waals surface area contributed by atoms with E-state index in [9.17, 15) is 9.59 Å². The molecule has 2 N–H and O–H groups in total. The fraction of sp³-hybridized carbons (Fsp3) is 0.111. The predicted octanol–water partition coefficient (Wildman–Crippen LogP) is 4.25. The van der Waals surface area contributed by atoms with Crippen molar-refractivity contribution >= 4 is 44.8 Å². The zero-order valence-corrected chi connectivity index (χ0v) is 14.7. The standard InChI is InChI=1S/C18H15ClN2O2S/c1-10-7-8-12(11(2)9-10)17(22)20-21-18(23)16-15(19)13-5-3-4-6-14(13)24-16/h3-9H,1-2H3,(H,20,22)(H,21,23). The molecule has 1 heterocycles. The van der Waals surface area contributed by atoms with E-state index in [0.29, 0.717) is 15.5 Å². The molecule has 122 valence electrons. The topological polar surface area (TPSA) is 58.2 Å². The minimum Gasteiger partial charge on any atom is -0.267 e. The Morgan fingerprint density at radius 1 is 1.00 bits per heavy atom. The van der Waals surface area contributed by atoms with Crippen molar-refractivity contribution in [1.82, 2.24) is 10.9 Å². The molecule has 3 rings (SSSR count). The minimum absolute atomic E-state index is 0.363. The van der Waals surface area contributed by atoms with Crippen molar-refractivity contribution in [3.63, 3.8) is 0 Å². The summed E-state index contributed by atoms with van der Waals surface area (Å²) in [6, 6.07) is 13.0. The Morgan fingerprint density at radius 2 is 1.71 bits per heavy atom. The molecular weight excluding hydrogens is 344 g/mol. The highest BCUT2D eigenvalue weighted by Crippen LogP contribution is 2.34. The van der Waals surface area contributed by atoms with E-state index in [-0.39, 0.29) is 5.91 Å². The molecule has 1 aromatic heterocycles. The number of aryl methyl sites for hydroxylation is 2. The number of hydrazine groups is 1. The Balaban J connectivity index is 1.75. The number of nitrogens with one attached hydrogen (secondary N) is 2. The van der Waals surface area contributed by atoms with Crippen molar-refractivity contribution in [2.75, 3.05) is 0 Å². The summed E-state index contributed by atoms with van der Waals surface area (Å²) in [6.45, 7) is 3.81. The third kappa shape index (κ3) is 3.13. The predicted molar refractivity (Wildman–Crippen MR) is 97.7 cm³/mol. The lowest BCUT2D eigenvalue weighted by Crippen LogP contribution is -2.41. The first-order valence-corrected chi connectivity index (χ1v) is 8.52. The molecule has 0 aliphatic rings. The molecule has 0 fully saturated rings. The average molecular weight is 359 g/mol. The molecule has 2 amide bonds. The monoisotopic (exact) mass is 358 g/mol. The fourth-order valence-electron chi connectivity index (χ4n) is 2.47. The number of carbonyl (C=O) groups excluding carboxylic acids is 2. The first-order valence-electron chi connectivity index (χ1n) is 7.32. The van der Waals surface area contributed by atoms with Crippen LogP contribution in [-0.4, -0.2) is 11.8 Å². The van der Waals surface area contributed by atoms with E-state index in [1.807, 2.05) is 50.2 Å². The van der Waals surface area contributed by atoms with E-state index >= 15 is 0 Å². The molecule has 0 aliphatic heterocycles. The van der Waals surface area contributed by atoms with Crippen molar-refractivity contribution < 1.29 is 9.59 Å². The first-order chi connectivity index (χ1) is 11.5. The second kappa shape index (κ2) is 6.63. The van der Waals surface area contributed by atoms with E-state index in [1.165, 1.54) is 11.3 Å². The van der Waals surface area contributed by atoms with Crippen LogP contribution in [0.25, 0.3) is 10.1 Å². The molecule has 0 atom stereocenters. The summed E-state index contributed by atoms with van der Waals surface area (Å²) >= 11 is 7.55. The van der Waals surface area contributed by atoms with Gasteiger partial charge in [0.15, 0.2) is 0 Å². The van der Waals surface area contributed by atoms with Crippen LogP contribution in [-0.2, 0) is 0 Å². The van der Waals surface area contributed by atoms with Gasteiger partial charge in [-0.05, 0) is 31.5 Å². The summed E-state index contributed by atoms with van der Waals surface area (Å²) in [5.41, 5.74) is 7.31. The maximum Gasteiger partial charge on any atom is 0.281 e. The fourth-order valence-corrected chi connectivity index (χ4v) is 3.88. The van der Waals surface area contributed by atoms with Crippen LogP contribution < -0.4 is 10.9 Å². The van der Waals surface area contributed by atoms with Crippen molar-refractivity contribution in [3.8, 4) is 0 Å². The van der Waals surface area contributed by atoms with Gasteiger partial charge in [-0.3, -0.25) is 20.4 Å². The van der Waals surface area contributed by atoms with Crippen LogP contribution in [0, 0.1) is 13.8 Å². The Bertz CT molecular complexity index is 949. The first kappa shape index (κ1) is 16.5. The Morgan fingerprint density at radius 3 is 2.42 bits per heavy atom. The Kier molecular flexibility index (Phi) is 4.55. The van der Waals surface area contributed by atoms with Crippen LogP contribution in [0.15, 0.2) is 42.5 Å². The summed E-state index contributed by atoms with van der Waals surface area (Å²) in [5.74, 6) is -0.794. The zero-order chi connectivity index (χ0) is 17.3. The summed E-state index contributed by atoms with van der Waals surface area (Å²) in [6.07, 6.45) is 0. The second-order valence-electron chi connectivity index (χ2n) is 5.47. The summed E-state index contributed by atoms with van der Waals surface area (Å²) in [5, 5.41) is 1.23. The normalized spacial score (nSPS) is 10.6. The van der Waals surface area contributed by atoms with Gasteiger partial charge in [-0.1, -0.05) is 47.5 Å². The van der Waals surface area contributed by atoms with Gasteiger partial charge in [0.05, 0.1) is 5.02 Å². The smallest absolute Gasteiger partial charge is 0.267 e. The van der Waals surface area contributed by atoms with Gasteiger partial charge >= 0.3 is 0 Å². The average Bonchev–Trinajstić information content (AvgIpc) is 2.90. The molecule has 0 bridgehead atoms. The van der Waals surface area contributed by atoms with Crippen LogP contribution in [0.4, 0.5) is 0 Å². The number of carbonyl (C=O) groups is 2. The maximum atomic E-state index is 12.3. The molecular formula is C18H15ClN2O2S. The Labute approximate surface area is 148 Å². The van der Waals surface area contributed by atoms with Gasteiger partial charge in [0.25, 0.3) is 11.8 Å². The molecule has 3 aromatic rings. The molecule has 0 saturated heterocycles. The SMILES string of the molecule is Cc1ccc(C(=O)NNC(=O)c2sc3ccccc3c2Cl)c(C)c1. The minimum atomic E-state index is -0.431. The van der Waals surface area contributed by atoms with Crippen LogP contribution in [0.1, 0.15) is 31.2 Å². The molecule has 0 unspecified atom stereocenters. The highest BCUT2D eigenvalue weighted by atomic mass is 35.5. The van der Waals surface area contributed by atoms with Crippen molar-refractivity contribution in [1.29, 1.82) is 0 Å². The quantitative estimate of drug-likeness (QED) is 0.673. The number of halogens is 1. The third-order valence-corrected chi connectivity index (χ3v) is 5.33. The summed E-state index contributed by atoms with van der Waals surface area (Å²) in [7, 11) is 0. The van der Waals surface area contributed by atoms with Crippen LogP contribution >= 0.6 is 22.9 Å². The number of benzene rings is 2. The molecule has 2 aromatic carbocycles. The van der Waals surface area contributed by atoms with E-state index in [4.69, 9.17) is 11.6 Å². The largest absolute Gasteiger partial charge is 0.281 e. The molecule has 4 nitrogen and oxygen atoms in total. The number of fused-ring (bicyclic) bond motifs is 1. The van der Waals surface area contributed by atoms with Crippen LogP contribution in [0.5, 0.6) is 0 Å². The number of amides is 2. The molecule has 24 heavy (non-hydrogen) atoms. The van der Waals surface area contributed by atoms with Crippen molar-refractivity contribution in [2.24, 2.45) is 0 Å². The van der Waals surface area contributed by atoms with Crippen LogP contribution in [0.3, 0.4) is 0 Å². The van der Waals surface area contributed by atoms with Gasteiger partial charge in [0, 0.05) is 15.6 Å². The number of hydrogen-bond acceptors (Lipinski definition) is 3. The van der Waals surface area contributed by atoms with Crippen molar-refractivity contribution in [2.45, 2.75) is 13.8 Å². The molecule has 0 radical (unpaired) electrons. The number of hydrogen-bond donors (Lipinski definition) is 2. The Hall–Kier alpha value is -2.37. The molecule has 0 saturated carbocycles. The van der Waals surface area contributed by atoms with Gasteiger partial charge < -0.3 is 0 Å². The lowest BCUT2D eigenvalue weighted by atomic mass is 10.1. The highest BCUT2D eigenvalue weighted by molar-refractivity contribution is 7.21. The van der Waals surface area contributed by atoms with E-state index < -0.39 is 5.91 Å². The van der Waals surface area contributed by atoms with Gasteiger partial charge in [0.2, 0.25) is 0 Å². The molecule has 0 aliphatic carbocycles. The van der Waals surface area contributed by atoms with E-state index in [1.54, 1.807) is 6.07 Å². The maximum absolute atomic E-state index is 12.3. The van der Waals surface area contributed by atoms with Gasteiger partial charge in [-0.2, -0.15) is 0 Å². The highest BCUT2D eigenvalue weighted by Gasteiger charge is 2.18. The van der Waals surface area contributed by atoms with Gasteiger partial charge in [0.1, 0.15) is 4.88 Å². The van der Waals surface area contributed by atoms with Gasteiger partial charge in [-0.25, -0.2) is 0 Å². The number of rotatable bonds is 2. The van der Waals surface area contributed by atoms with Crippen LogP contribution in [0.2, 0.25) is 5.02 Å². The molecule has 0 spiro atoms. The summed E-state index contributed by atoms with van der Waals surface area (Å²) in [4.78, 5) is 24.9. The van der Waals surface area contributed by atoms with Gasteiger partial charge in [-0.15, -0.1) is 11.3 Å². The van der Waals surface area contributed by atoms with E-state index in [0.717, 1.165) is 21.2 Å². The van der Waals surface area contributed by atoms with Crippen molar-refractivity contribution in [3.05, 3.63) is 69.1 Å². The lowest BCUT2D eigenvalue weighted by molar-refractivity contribution is 0.0848. The van der Waals surface area contributed by atoms with E-state index in [2.05, 4.69) is 10.9 Å². The molecule has 6 heteroatoms. The lowest BCUT2D eigenvalue weighted by Gasteiger charge is -2.09. The summed E-state index contributed by atoms with van der Waals surface area (Å²) < 4.78 is 0.924. The third-order valence-electron chi connectivity index (χ3n) is 3.66.